The van der Waals surface area contributed by atoms with Crippen molar-refractivity contribution in [1.82, 2.24) is 9.88 Å². The van der Waals surface area contributed by atoms with Crippen molar-refractivity contribution in [2.45, 2.75) is 6.04 Å². The Kier molecular flexibility index (Phi) is 4.58. The summed E-state index contributed by atoms with van der Waals surface area (Å²) in [5.41, 5.74) is 0.465. The Balaban J connectivity index is 2.17. The maximum absolute atomic E-state index is 13.1. The molecule has 0 saturated carbocycles. The maximum atomic E-state index is 13.1. The first kappa shape index (κ1) is 16.8. The minimum atomic E-state index is -0.918. The number of carbonyl (C=O) groups excluding carboxylic acids is 2. The van der Waals surface area contributed by atoms with Gasteiger partial charge < -0.3 is 15.1 Å². The number of nitrogens with zero attached hydrogens (tertiary/aromatic N) is 2. The SMILES string of the molecule is O=C1C(=O)N(CCO)C(c2ccccn2)C1=C(O)c1ccc(F)cc1. The number of rotatable bonds is 4. The molecule has 6 nitrogen and oxygen atoms in total. The standard InChI is InChI=1S/C18H15FN2O4/c19-12-6-4-11(5-7-12)16(23)14-15(13-3-1-2-8-20-13)21(9-10-22)18(25)17(14)24/h1-8,15,22-23H,9-10H2. The second kappa shape index (κ2) is 6.82. The second-order valence-electron chi connectivity index (χ2n) is 5.48. The zero-order chi connectivity index (χ0) is 18.0. The largest absolute Gasteiger partial charge is 0.507 e. The van der Waals surface area contributed by atoms with Crippen LogP contribution >= 0.6 is 0 Å². The van der Waals surface area contributed by atoms with E-state index < -0.39 is 29.3 Å². The average molecular weight is 342 g/mol. The Bertz CT molecular complexity index is 834. The lowest BCUT2D eigenvalue weighted by Crippen LogP contribution is -2.32. The minimum Gasteiger partial charge on any atom is -0.507 e. The number of hydrogen-bond donors (Lipinski definition) is 2. The van der Waals surface area contributed by atoms with Gasteiger partial charge in [-0.25, -0.2) is 4.39 Å². The number of carbonyl (C=O) groups is 2. The van der Waals surface area contributed by atoms with Crippen LogP contribution in [0.1, 0.15) is 17.3 Å². The summed E-state index contributed by atoms with van der Waals surface area (Å²) in [4.78, 5) is 30.1. The van der Waals surface area contributed by atoms with Crippen LogP contribution < -0.4 is 0 Å². The molecule has 2 N–H and O–H groups in total. The highest BCUT2D eigenvalue weighted by Gasteiger charge is 2.46. The minimum absolute atomic E-state index is 0.0774. The van der Waals surface area contributed by atoms with Crippen molar-refractivity contribution in [3.05, 3.63) is 71.3 Å². The lowest BCUT2D eigenvalue weighted by Gasteiger charge is -2.23. The van der Waals surface area contributed by atoms with Gasteiger partial charge in [0.15, 0.2) is 0 Å². The van der Waals surface area contributed by atoms with Crippen molar-refractivity contribution in [3.63, 3.8) is 0 Å². The molecule has 2 heterocycles. The highest BCUT2D eigenvalue weighted by molar-refractivity contribution is 6.46. The molecule has 0 bridgehead atoms. The summed E-state index contributed by atoms with van der Waals surface area (Å²) in [5, 5.41) is 19.8. The number of aliphatic hydroxyl groups excluding tert-OH is 2. The van der Waals surface area contributed by atoms with Crippen LogP contribution in [-0.2, 0) is 9.59 Å². The molecule has 7 heteroatoms. The average Bonchev–Trinajstić information content (AvgIpc) is 2.88. The Hall–Kier alpha value is -3.06. The third-order valence-electron chi connectivity index (χ3n) is 3.97. The van der Waals surface area contributed by atoms with Gasteiger partial charge in [-0.05, 0) is 36.4 Å². The van der Waals surface area contributed by atoms with E-state index in [1.165, 1.54) is 23.2 Å². The molecule has 3 rings (SSSR count). The molecule has 1 saturated heterocycles. The third kappa shape index (κ3) is 3.01. The summed E-state index contributed by atoms with van der Waals surface area (Å²) in [6, 6.07) is 9.01. The maximum Gasteiger partial charge on any atom is 0.295 e. The Morgan fingerprint density at radius 3 is 2.48 bits per heavy atom. The first-order chi connectivity index (χ1) is 12.0. The quantitative estimate of drug-likeness (QED) is 0.501. The van der Waals surface area contributed by atoms with Gasteiger partial charge in [-0.1, -0.05) is 6.07 Å². The Morgan fingerprint density at radius 2 is 1.88 bits per heavy atom. The first-order valence-corrected chi connectivity index (χ1v) is 7.60. The number of hydrogen-bond acceptors (Lipinski definition) is 5. The number of aromatic nitrogens is 1. The number of β-amino-alcohol motifs (C(OH)–C–C–N with tert-alkyl or cyclic N) is 1. The molecule has 1 aliphatic rings. The molecule has 1 fully saturated rings. The van der Waals surface area contributed by atoms with Gasteiger partial charge in [0.25, 0.3) is 11.7 Å². The van der Waals surface area contributed by atoms with E-state index in [1.807, 2.05) is 0 Å². The Labute approximate surface area is 142 Å². The van der Waals surface area contributed by atoms with Crippen LogP contribution in [0.15, 0.2) is 54.2 Å². The van der Waals surface area contributed by atoms with Crippen LogP contribution in [0.25, 0.3) is 5.76 Å². The van der Waals surface area contributed by atoms with E-state index >= 15 is 0 Å². The molecule has 0 aliphatic carbocycles. The van der Waals surface area contributed by atoms with E-state index in [0.717, 1.165) is 12.1 Å². The topological polar surface area (TPSA) is 90.7 Å². The van der Waals surface area contributed by atoms with Crippen molar-refractivity contribution >= 4 is 17.4 Å². The lowest BCUT2D eigenvalue weighted by atomic mass is 9.98. The zero-order valence-corrected chi connectivity index (χ0v) is 13.1. The second-order valence-corrected chi connectivity index (χ2v) is 5.48. The summed E-state index contributed by atoms with van der Waals surface area (Å²) in [6.07, 6.45) is 1.51. The number of Topliss-reactive ketones (excluding diaryl/α,β-unsaturated/α-hetero) is 1. The molecule has 2 aromatic rings. The fourth-order valence-corrected chi connectivity index (χ4v) is 2.83. The normalized spacial score (nSPS) is 19.4. The molecule has 128 valence electrons. The monoisotopic (exact) mass is 342 g/mol. The number of ketones is 1. The van der Waals surface area contributed by atoms with Gasteiger partial charge in [0.1, 0.15) is 17.6 Å². The molecule has 1 unspecified atom stereocenters. The summed E-state index contributed by atoms with van der Waals surface area (Å²) in [6.45, 7) is -0.418. The van der Waals surface area contributed by atoms with E-state index in [9.17, 15) is 24.2 Å². The molecule has 0 spiro atoms. The van der Waals surface area contributed by atoms with Crippen molar-refractivity contribution < 1.29 is 24.2 Å². The van der Waals surface area contributed by atoms with Gasteiger partial charge in [0.2, 0.25) is 0 Å². The van der Waals surface area contributed by atoms with Crippen LogP contribution in [0.3, 0.4) is 0 Å². The third-order valence-corrected chi connectivity index (χ3v) is 3.97. The number of benzene rings is 1. The van der Waals surface area contributed by atoms with Gasteiger partial charge in [-0.2, -0.15) is 0 Å². The number of amides is 1. The predicted octanol–water partition coefficient (Wildman–Crippen LogP) is 1.63. The van der Waals surface area contributed by atoms with Gasteiger partial charge in [-0.3, -0.25) is 14.6 Å². The smallest absolute Gasteiger partial charge is 0.295 e. The number of aliphatic hydroxyl groups is 2. The van der Waals surface area contributed by atoms with E-state index in [2.05, 4.69) is 4.98 Å². The summed E-state index contributed by atoms with van der Waals surface area (Å²) < 4.78 is 13.1. The molecular formula is C18H15FN2O4. The fraction of sp³-hybridized carbons (Fsp3) is 0.167. The van der Waals surface area contributed by atoms with E-state index in [1.54, 1.807) is 18.2 Å². The highest BCUT2D eigenvalue weighted by atomic mass is 19.1. The van der Waals surface area contributed by atoms with Crippen LogP contribution in [0, 0.1) is 5.82 Å². The van der Waals surface area contributed by atoms with Gasteiger partial charge in [-0.15, -0.1) is 0 Å². The van der Waals surface area contributed by atoms with Crippen LogP contribution in [0.5, 0.6) is 0 Å². The van der Waals surface area contributed by atoms with Crippen LogP contribution in [-0.4, -0.2) is 44.9 Å². The molecule has 25 heavy (non-hydrogen) atoms. The van der Waals surface area contributed by atoms with E-state index in [0.29, 0.717) is 5.69 Å². The predicted molar refractivity (Wildman–Crippen MR) is 86.7 cm³/mol. The molecule has 1 atom stereocenters. The number of halogens is 1. The molecule has 1 aromatic carbocycles. The molecule has 1 amide bonds. The van der Waals surface area contributed by atoms with Crippen molar-refractivity contribution in [2.24, 2.45) is 0 Å². The molecule has 1 aromatic heterocycles. The van der Waals surface area contributed by atoms with Crippen molar-refractivity contribution in [1.29, 1.82) is 0 Å². The van der Waals surface area contributed by atoms with Crippen LogP contribution in [0.4, 0.5) is 4.39 Å². The molecular weight excluding hydrogens is 327 g/mol. The summed E-state index contributed by atoms with van der Waals surface area (Å²) in [5.74, 6) is -2.59. The number of likely N-dealkylation sites (tertiary alicyclic amines) is 1. The van der Waals surface area contributed by atoms with Crippen LogP contribution in [0.2, 0.25) is 0 Å². The highest BCUT2D eigenvalue weighted by Crippen LogP contribution is 2.38. The zero-order valence-electron chi connectivity index (χ0n) is 13.1. The molecule has 1 aliphatic heterocycles. The Morgan fingerprint density at radius 1 is 1.16 bits per heavy atom. The van der Waals surface area contributed by atoms with E-state index in [-0.39, 0.29) is 24.3 Å². The van der Waals surface area contributed by atoms with Gasteiger partial charge in [0, 0.05) is 18.3 Å². The van der Waals surface area contributed by atoms with Crippen molar-refractivity contribution in [3.8, 4) is 0 Å². The summed E-state index contributed by atoms with van der Waals surface area (Å²) in [7, 11) is 0. The van der Waals surface area contributed by atoms with Gasteiger partial charge in [0.05, 0.1) is 17.9 Å². The lowest BCUT2D eigenvalue weighted by molar-refractivity contribution is -0.140. The summed E-state index contributed by atoms with van der Waals surface area (Å²) >= 11 is 0. The number of pyridine rings is 1. The van der Waals surface area contributed by atoms with Gasteiger partial charge >= 0.3 is 0 Å². The van der Waals surface area contributed by atoms with Crippen molar-refractivity contribution in [2.75, 3.05) is 13.2 Å². The fourth-order valence-electron chi connectivity index (χ4n) is 2.83. The molecule has 0 radical (unpaired) electrons. The van der Waals surface area contributed by atoms with E-state index in [4.69, 9.17) is 0 Å². The first-order valence-electron chi connectivity index (χ1n) is 7.60.